The van der Waals surface area contributed by atoms with Gasteiger partial charge in [0.05, 0.1) is 11.5 Å². The van der Waals surface area contributed by atoms with Crippen molar-refractivity contribution >= 4 is 27.7 Å². The first kappa shape index (κ1) is 22.1. The zero-order valence-corrected chi connectivity index (χ0v) is 18.2. The Morgan fingerprint density at radius 2 is 2.03 bits per heavy atom. The second-order valence-electron chi connectivity index (χ2n) is 8.06. The van der Waals surface area contributed by atoms with Crippen molar-refractivity contribution in [3.63, 3.8) is 0 Å². The average Bonchev–Trinajstić information content (AvgIpc) is 3.50. The van der Waals surface area contributed by atoms with Gasteiger partial charge in [-0.05, 0) is 50.3 Å². The highest BCUT2D eigenvalue weighted by Gasteiger charge is 2.56. The van der Waals surface area contributed by atoms with Crippen LogP contribution in [0.25, 0.3) is 0 Å². The number of hydrogen-bond donors (Lipinski definition) is 1. The number of hydrogen-bond acceptors (Lipinski definition) is 6. The Bertz CT molecular complexity index is 959. The molecule has 30 heavy (non-hydrogen) atoms. The van der Waals surface area contributed by atoms with Crippen LogP contribution in [0.3, 0.4) is 0 Å². The Balaban J connectivity index is 1.45. The minimum Gasteiger partial charge on any atom is -0.493 e. The van der Waals surface area contributed by atoms with E-state index in [1.54, 1.807) is 26.1 Å². The van der Waals surface area contributed by atoms with Crippen molar-refractivity contribution in [2.24, 2.45) is 5.92 Å². The summed E-state index contributed by atoms with van der Waals surface area (Å²) in [7, 11) is -1.71. The number of sulfone groups is 1. The quantitative estimate of drug-likeness (QED) is 0.456. The summed E-state index contributed by atoms with van der Waals surface area (Å²) in [5.74, 6) is -0.0980. The number of likely N-dealkylation sites (N-methyl/N-ethyl adjacent to an activating group) is 1. The molecule has 1 N–H and O–H groups in total. The Morgan fingerprint density at radius 1 is 1.33 bits per heavy atom. The van der Waals surface area contributed by atoms with Gasteiger partial charge < -0.3 is 15.0 Å². The molecule has 0 aromatic heterocycles. The second-order valence-corrected chi connectivity index (χ2v) is 10.1. The van der Waals surface area contributed by atoms with Crippen molar-refractivity contribution < 1.29 is 27.5 Å². The number of carbonyl (C=O) groups excluding carboxylic acids is 3. The van der Waals surface area contributed by atoms with E-state index in [2.05, 4.69) is 5.32 Å². The fraction of sp³-hybridized carbons (Fsp3) is 0.550. The highest BCUT2D eigenvalue weighted by molar-refractivity contribution is 7.90. The first-order valence-electron chi connectivity index (χ1n) is 9.83. The van der Waals surface area contributed by atoms with E-state index < -0.39 is 21.4 Å². The van der Waals surface area contributed by atoms with Gasteiger partial charge in [-0.1, -0.05) is 6.07 Å². The summed E-state index contributed by atoms with van der Waals surface area (Å²) in [6.45, 7) is 2.08. The highest BCUT2D eigenvalue weighted by atomic mass is 32.2. The largest absolute Gasteiger partial charge is 0.493 e. The summed E-state index contributed by atoms with van der Waals surface area (Å²) in [6.07, 6.45) is 3.44. The van der Waals surface area contributed by atoms with Crippen LogP contribution >= 0.6 is 0 Å². The molecule has 9 nitrogen and oxygen atoms in total. The SMILES string of the molecule is CN(CCCOc1cccc(S(C)(=O)=O)c1)C(=O)CN1C(=O)NC(C)(C2CC2)C1=O. The topological polar surface area (TPSA) is 113 Å². The van der Waals surface area contributed by atoms with E-state index in [0.717, 1.165) is 24.0 Å². The number of benzene rings is 1. The monoisotopic (exact) mass is 437 g/mol. The average molecular weight is 438 g/mol. The maximum Gasteiger partial charge on any atom is 0.325 e. The molecule has 1 aliphatic carbocycles. The number of ether oxygens (including phenoxy) is 1. The second kappa shape index (κ2) is 8.25. The molecule has 2 fully saturated rings. The van der Waals surface area contributed by atoms with E-state index in [9.17, 15) is 22.8 Å². The zero-order chi connectivity index (χ0) is 22.1. The summed E-state index contributed by atoms with van der Waals surface area (Å²) in [5, 5.41) is 2.73. The summed E-state index contributed by atoms with van der Waals surface area (Å²) in [6, 6.07) is 5.70. The molecule has 3 rings (SSSR count). The molecular formula is C20H27N3O6S. The molecule has 1 aromatic carbocycles. The van der Waals surface area contributed by atoms with Crippen LogP contribution in [0.1, 0.15) is 26.2 Å². The van der Waals surface area contributed by atoms with Crippen molar-refractivity contribution in [3.8, 4) is 5.75 Å². The lowest BCUT2D eigenvalue weighted by Crippen LogP contribution is -2.47. The van der Waals surface area contributed by atoms with E-state index in [1.807, 2.05) is 0 Å². The number of urea groups is 1. The van der Waals surface area contributed by atoms with Gasteiger partial charge >= 0.3 is 6.03 Å². The Hall–Kier alpha value is -2.62. The van der Waals surface area contributed by atoms with Crippen molar-refractivity contribution in [2.75, 3.05) is 33.0 Å². The van der Waals surface area contributed by atoms with Crippen LogP contribution in [0.15, 0.2) is 29.2 Å². The number of imide groups is 1. The predicted molar refractivity (Wildman–Crippen MR) is 109 cm³/mol. The molecule has 10 heteroatoms. The lowest BCUT2D eigenvalue weighted by atomic mass is 9.96. The fourth-order valence-corrected chi connectivity index (χ4v) is 4.12. The van der Waals surface area contributed by atoms with Gasteiger partial charge in [-0.25, -0.2) is 13.2 Å². The number of carbonyl (C=O) groups is 3. The Kier molecular flexibility index (Phi) is 6.07. The van der Waals surface area contributed by atoms with Crippen LogP contribution in [-0.4, -0.2) is 74.6 Å². The van der Waals surface area contributed by atoms with E-state index in [1.165, 1.54) is 17.0 Å². The molecule has 0 bridgehead atoms. The van der Waals surface area contributed by atoms with Crippen LogP contribution in [0.5, 0.6) is 5.75 Å². The number of nitrogens with zero attached hydrogens (tertiary/aromatic N) is 2. The molecular weight excluding hydrogens is 410 g/mol. The summed E-state index contributed by atoms with van der Waals surface area (Å²) >= 11 is 0. The molecule has 1 saturated heterocycles. The van der Waals surface area contributed by atoms with Gasteiger partial charge in [0, 0.05) is 19.8 Å². The van der Waals surface area contributed by atoms with Crippen LogP contribution < -0.4 is 10.1 Å². The van der Waals surface area contributed by atoms with Gasteiger partial charge in [-0.2, -0.15) is 0 Å². The van der Waals surface area contributed by atoms with Crippen molar-refractivity contribution in [2.45, 2.75) is 36.6 Å². The van der Waals surface area contributed by atoms with Gasteiger partial charge in [0.2, 0.25) is 5.91 Å². The highest BCUT2D eigenvalue weighted by Crippen LogP contribution is 2.42. The molecule has 1 saturated carbocycles. The Morgan fingerprint density at radius 3 is 2.67 bits per heavy atom. The molecule has 164 valence electrons. The van der Waals surface area contributed by atoms with Crippen molar-refractivity contribution in [1.29, 1.82) is 0 Å². The molecule has 1 aliphatic heterocycles. The molecule has 1 heterocycles. The van der Waals surface area contributed by atoms with Gasteiger partial charge in [-0.3, -0.25) is 14.5 Å². The molecule has 0 spiro atoms. The minimum absolute atomic E-state index is 0.144. The lowest BCUT2D eigenvalue weighted by Gasteiger charge is -2.22. The van der Waals surface area contributed by atoms with E-state index in [-0.39, 0.29) is 35.8 Å². The van der Waals surface area contributed by atoms with E-state index in [4.69, 9.17) is 4.74 Å². The molecule has 4 amide bonds. The molecule has 0 radical (unpaired) electrons. The summed E-state index contributed by atoms with van der Waals surface area (Å²) in [4.78, 5) is 39.8. The lowest BCUT2D eigenvalue weighted by molar-refractivity contribution is -0.138. The van der Waals surface area contributed by atoms with Crippen LogP contribution in [0, 0.1) is 5.92 Å². The number of nitrogens with one attached hydrogen (secondary N) is 1. The van der Waals surface area contributed by atoms with Gasteiger partial charge in [0.1, 0.15) is 17.8 Å². The number of amides is 4. The normalized spacial score (nSPS) is 21.5. The molecule has 1 unspecified atom stereocenters. The summed E-state index contributed by atoms with van der Waals surface area (Å²) < 4.78 is 28.8. The predicted octanol–water partition coefficient (Wildman–Crippen LogP) is 1.04. The smallest absolute Gasteiger partial charge is 0.325 e. The van der Waals surface area contributed by atoms with Crippen LogP contribution in [0.4, 0.5) is 4.79 Å². The van der Waals surface area contributed by atoms with Crippen molar-refractivity contribution in [3.05, 3.63) is 24.3 Å². The molecule has 2 aliphatic rings. The first-order chi connectivity index (χ1) is 14.0. The standard InChI is InChI=1S/C20H27N3O6S/c1-20(14-8-9-14)18(25)23(19(26)21-20)13-17(24)22(2)10-5-11-29-15-6-4-7-16(12-15)30(3,27)28/h4,6-7,12,14H,5,8-11,13H2,1-3H3,(H,21,26). The molecule has 1 atom stereocenters. The third-order valence-electron chi connectivity index (χ3n) is 5.55. The molecule has 1 aromatic rings. The number of rotatable bonds is 9. The van der Waals surface area contributed by atoms with E-state index >= 15 is 0 Å². The fourth-order valence-electron chi connectivity index (χ4n) is 3.46. The van der Waals surface area contributed by atoms with Crippen LogP contribution in [-0.2, 0) is 19.4 Å². The van der Waals surface area contributed by atoms with E-state index in [0.29, 0.717) is 18.7 Å². The van der Waals surface area contributed by atoms with Crippen LogP contribution in [0.2, 0.25) is 0 Å². The third kappa shape index (κ3) is 4.75. The van der Waals surface area contributed by atoms with Gasteiger partial charge in [0.25, 0.3) is 5.91 Å². The Labute approximate surface area is 176 Å². The zero-order valence-electron chi connectivity index (χ0n) is 17.4. The maximum atomic E-state index is 12.6. The maximum absolute atomic E-state index is 12.6. The van der Waals surface area contributed by atoms with Crippen molar-refractivity contribution in [1.82, 2.24) is 15.1 Å². The van der Waals surface area contributed by atoms with Gasteiger partial charge in [-0.15, -0.1) is 0 Å². The van der Waals surface area contributed by atoms with Gasteiger partial charge in [0.15, 0.2) is 9.84 Å². The first-order valence-corrected chi connectivity index (χ1v) is 11.7. The third-order valence-corrected chi connectivity index (χ3v) is 6.66. The minimum atomic E-state index is -3.31. The summed E-state index contributed by atoms with van der Waals surface area (Å²) in [5.41, 5.74) is -0.899.